The summed E-state index contributed by atoms with van der Waals surface area (Å²) in [6.45, 7) is 2.83. The molecule has 1 atom stereocenters. The van der Waals surface area contributed by atoms with Crippen LogP contribution in [0.25, 0.3) is 0 Å². The first kappa shape index (κ1) is 17.9. The fourth-order valence-electron chi connectivity index (χ4n) is 3.07. The van der Waals surface area contributed by atoms with Crippen molar-refractivity contribution in [2.75, 3.05) is 13.1 Å². The zero-order valence-corrected chi connectivity index (χ0v) is 15.3. The highest BCUT2D eigenvalue weighted by Crippen LogP contribution is 2.28. The van der Waals surface area contributed by atoms with E-state index in [-0.39, 0.29) is 17.6 Å². The average Bonchev–Trinajstić information content (AvgIpc) is 2.65. The number of piperidine rings is 1. The van der Waals surface area contributed by atoms with E-state index >= 15 is 0 Å². The first-order valence-electron chi connectivity index (χ1n) is 8.16. The maximum Gasteiger partial charge on any atom is 0.253 e. The molecule has 1 aliphatic rings. The van der Waals surface area contributed by atoms with E-state index < -0.39 is 0 Å². The molecular weight excluding hydrogens is 359 g/mol. The zero-order chi connectivity index (χ0) is 18.0. The molecule has 1 saturated heterocycles. The third-order valence-electron chi connectivity index (χ3n) is 4.55. The Morgan fingerprint density at radius 1 is 1.20 bits per heavy atom. The summed E-state index contributed by atoms with van der Waals surface area (Å²) < 4.78 is 0. The number of carbonyl (C=O) groups is 2. The molecule has 0 bridgehead atoms. The van der Waals surface area contributed by atoms with E-state index in [9.17, 15) is 9.59 Å². The van der Waals surface area contributed by atoms with Gasteiger partial charge in [-0.3, -0.25) is 14.6 Å². The highest BCUT2D eigenvalue weighted by Gasteiger charge is 2.30. The Kier molecular flexibility index (Phi) is 5.40. The molecule has 3 rings (SSSR count). The summed E-state index contributed by atoms with van der Waals surface area (Å²) >= 11 is 12.3. The Morgan fingerprint density at radius 2 is 1.92 bits per heavy atom. The van der Waals surface area contributed by atoms with Crippen molar-refractivity contribution < 1.29 is 9.59 Å². The van der Waals surface area contributed by atoms with Gasteiger partial charge in [-0.1, -0.05) is 23.2 Å². The van der Waals surface area contributed by atoms with Crippen LogP contribution in [0, 0.1) is 12.8 Å². The molecule has 1 aromatic heterocycles. The Hall–Kier alpha value is -1.91. The van der Waals surface area contributed by atoms with Crippen LogP contribution in [0.5, 0.6) is 0 Å². The fourth-order valence-corrected chi connectivity index (χ4v) is 3.56. The van der Waals surface area contributed by atoms with E-state index in [0.29, 0.717) is 34.3 Å². The van der Waals surface area contributed by atoms with Gasteiger partial charge in [-0.25, -0.2) is 0 Å². The number of hydrogen-bond donors (Lipinski definition) is 0. The molecule has 1 aromatic carbocycles. The lowest BCUT2D eigenvalue weighted by molar-refractivity contribution is 0.0637. The third-order valence-corrected chi connectivity index (χ3v) is 5.34. The molecule has 1 fully saturated rings. The standard InChI is InChI=1S/C19H18Cl2N2O2/c1-12-16(20)8-15(9-17(12)21)19(25)23-7-3-5-14(11-23)18(24)13-4-2-6-22-10-13/h2,4,6,8-10,14H,3,5,7,11H2,1H3/t14-/m1/s1. The van der Waals surface area contributed by atoms with Crippen molar-refractivity contribution in [1.82, 2.24) is 9.88 Å². The van der Waals surface area contributed by atoms with Crippen LogP contribution in [-0.2, 0) is 0 Å². The number of likely N-dealkylation sites (tertiary alicyclic amines) is 1. The molecule has 1 amide bonds. The Balaban J connectivity index is 1.77. The number of carbonyl (C=O) groups excluding carboxylic acids is 2. The molecule has 0 aliphatic carbocycles. The van der Waals surface area contributed by atoms with Crippen molar-refractivity contribution in [2.45, 2.75) is 19.8 Å². The van der Waals surface area contributed by atoms with Crippen LogP contribution in [0.2, 0.25) is 10.0 Å². The topological polar surface area (TPSA) is 50.3 Å². The second-order valence-electron chi connectivity index (χ2n) is 6.26. The monoisotopic (exact) mass is 376 g/mol. The maximum atomic E-state index is 12.8. The molecule has 0 saturated carbocycles. The largest absolute Gasteiger partial charge is 0.338 e. The number of nitrogens with zero attached hydrogens (tertiary/aromatic N) is 2. The molecule has 130 valence electrons. The van der Waals surface area contributed by atoms with Crippen molar-refractivity contribution in [3.05, 3.63) is 63.4 Å². The van der Waals surface area contributed by atoms with Gasteiger partial charge in [0.15, 0.2) is 5.78 Å². The molecule has 0 unspecified atom stereocenters. The number of benzene rings is 1. The van der Waals surface area contributed by atoms with Gasteiger partial charge in [0.2, 0.25) is 0 Å². The van der Waals surface area contributed by atoms with Gasteiger partial charge in [0.1, 0.15) is 0 Å². The van der Waals surface area contributed by atoms with Crippen LogP contribution in [-0.4, -0.2) is 34.7 Å². The molecule has 6 heteroatoms. The minimum Gasteiger partial charge on any atom is -0.338 e. The number of halogens is 2. The van der Waals surface area contributed by atoms with E-state index in [2.05, 4.69) is 4.98 Å². The van der Waals surface area contributed by atoms with Crippen molar-refractivity contribution >= 4 is 34.9 Å². The van der Waals surface area contributed by atoms with Crippen LogP contribution >= 0.6 is 23.2 Å². The summed E-state index contributed by atoms with van der Waals surface area (Å²) in [5.41, 5.74) is 1.79. The zero-order valence-electron chi connectivity index (χ0n) is 13.8. The second kappa shape index (κ2) is 7.54. The van der Waals surface area contributed by atoms with E-state index in [1.807, 2.05) is 6.92 Å². The molecule has 4 nitrogen and oxygen atoms in total. The van der Waals surface area contributed by atoms with Crippen molar-refractivity contribution in [2.24, 2.45) is 5.92 Å². The molecule has 2 heterocycles. The number of amides is 1. The van der Waals surface area contributed by atoms with Gasteiger partial charge >= 0.3 is 0 Å². The Labute approximate surface area is 156 Å². The lowest BCUT2D eigenvalue weighted by Crippen LogP contribution is -2.42. The van der Waals surface area contributed by atoms with E-state index in [4.69, 9.17) is 23.2 Å². The normalized spacial score (nSPS) is 17.4. The maximum absolute atomic E-state index is 12.8. The number of hydrogen-bond acceptors (Lipinski definition) is 3. The quantitative estimate of drug-likeness (QED) is 0.744. The molecule has 0 radical (unpaired) electrons. The summed E-state index contributed by atoms with van der Waals surface area (Å²) in [4.78, 5) is 31.1. The van der Waals surface area contributed by atoms with Gasteiger partial charge in [-0.05, 0) is 49.6 Å². The predicted octanol–water partition coefficient (Wildman–Crippen LogP) is 4.43. The van der Waals surface area contributed by atoms with Crippen LogP contribution in [0.15, 0.2) is 36.7 Å². The summed E-state index contributed by atoms with van der Waals surface area (Å²) in [7, 11) is 0. The molecule has 2 aromatic rings. The summed E-state index contributed by atoms with van der Waals surface area (Å²) in [6.07, 6.45) is 4.77. The Morgan fingerprint density at radius 3 is 2.56 bits per heavy atom. The number of Topliss-reactive ketones (excluding diaryl/α,β-unsaturated/α-hetero) is 1. The van der Waals surface area contributed by atoms with Gasteiger partial charge in [0, 0.05) is 52.6 Å². The summed E-state index contributed by atoms with van der Waals surface area (Å²) in [6, 6.07) is 6.78. The van der Waals surface area contributed by atoms with Gasteiger partial charge in [-0.15, -0.1) is 0 Å². The first-order chi connectivity index (χ1) is 12.0. The van der Waals surface area contributed by atoms with Crippen LogP contribution in [0.1, 0.15) is 39.1 Å². The molecule has 0 spiro atoms. The van der Waals surface area contributed by atoms with Crippen molar-refractivity contribution in [3.8, 4) is 0 Å². The molecule has 0 N–H and O–H groups in total. The van der Waals surface area contributed by atoms with Crippen molar-refractivity contribution in [3.63, 3.8) is 0 Å². The summed E-state index contributed by atoms with van der Waals surface area (Å²) in [5, 5.41) is 0.937. The van der Waals surface area contributed by atoms with Crippen LogP contribution in [0.3, 0.4) is 0 Å². The smallest absolute Gasteiger partial charge is 0.253 e. The third kappa shape index (κ3) is 3.86. The van der Waals surface area contributed by atoms with Crippen molar-refractivity contribution in [1.29, 1.82) is 0 Å². The second-order valence-corrected chi connectivity index (χ2v) is 7.08. The first-order valence-corrected chi connectivity index (χ1v) is 8.92. The molecule has 25 heavy (non-hydrogen) atoms. The molecule has 1 aliphatic heterocycles. The van der Waals surface area contributed by atoms with E-state index in [0.717, 1.165) is 18.4 Å². The van der Waals surface area contributed by atoms with Crippen LogP contribution in [0.4, 0.5) is 0 Å². The SMILES string of the molecule is Cc1c(Cl)cc(C(=O)N2CCC[C@@H](C(=O)c3cccnc3)C2)cc1Cl. The average molecular weight is 377 g/mol. The fraction of sp³-hybridized carbons (Fsp3) is 0.316. The lowest BCUT2D eigenvalue weighted by Gasteiger charge is -2.32. The number of pyridine rings is 1. The highest BCUT2D eigenvalue weighted by molar-refractivity contribution is 6.36. The minimum atomic E-state index is -0.210. The van der Waals surface area contributed by atoms with Crippen LogP contribution < -0.4 is 0 Å². The highest BCUT2D eigenvalue weighted by atomic mass is 35.5. The Bertz CT molecular complexity index is 785. The van der Waals surface area contributed by atoms with Gasteiger partial charge in [0.05, 0.1) is 0 Å². The molecular formula is C19H18Cl2N2O2. The number of rotatable bonds is 3. The van der Waals surface area contributed by atoms with Gasteiger partial charge < -0.3 is 4.90 Å². The lowest BCUT2D eigenvalue weighted by atomic mass is 9.90. The van der Waals surface area contributed by atoms with E-state index in [1.165, 1.54) is 0 Å². The van der Waals surface area contributed by atoms with Gasteiger partial charge in [-0.2, -0.15) is 0 Å². The number of aromatic nitrogens is 1. The summed E-state index contributed by atoms with van der Waals surface area (Å²) in [5.74, 6) is -0.323. The minimum absolute atomic E-state index is 0.0329. The van der Waals surface area contributed by atoms with E-state index in [1.54, 1.807) is 41.6 Å². The predicted molar refractivity (Wildman–Crippen MR) is 98.4 cm³/mol. The number of ketones is 1. The van der Waals surface area contributed by atoms with Gasteiger partial charge in [0.25, 0.3) is 5.91 Å².